The van der Waals surface area contributed by atoms with Gasteiger partial charge < -0.3 is 15.1 Å². The van der Waals surface area contributed by atoms with E-state index in [2.05, 4.69) is 20.4 Å². The monoisotopic (exact) mass is 520 g/mol. The molecule has 37 heavy (non-hydrogen) atoms. The van der Waals surface area contributed by atoms with Gasteiger partial charge in [0.15, 0.2) is 5.82 Å². The first-order chi connectivity index (χ1) is 17.4. The quantitative estimate of drug-likeness (QED) is 0.379. The molecule has 2 heterocycles. The molecule has 0 unspecified atom stereocenters. The van der Waals surface area contributed by atoms with Gasteiger partial charge in [-0.1, -0.05) is 24.3 Å². The Kier molecular flexibility index (Phi) is 7.50. The van der Waals surface area contributed by atoms with Crippen LogP contribution < -0.4 is 10.2 Å². The molecule has 4 aromatic rings. The summed E-state index contributed by atoms with van der Waals surface area (Å²) >= 11 is 0. The summed E-state index contributed by atoms with van der Waals surface area (Å²) in [5, 5.41) is 22.3. The lowest BCUT2D eigenvalue weighted by molar-refractivity contribution is 0.200. The second kappa shape index (κ2) is 10.8. The molecule has 0 aliphatic carbocycles. The Morgan fingerprint density at radius 3 is 2.43 bits per heavy atom. The number of urea groups is 1. The van der Waals surface area contributed by atoms with Crippen LogP contribution >= 0.6 is 12.4 Å². The molecule has 1 saturated heterocycles. The van der Waals surface area contributed by atoms with E-state index >= 15 is 0 Å². The fourth-order valence-electron chi connectivity index (χ4n) is 4.46. The van der Waals surface area contributed by atoms with Crippen LogP contribution in [0.25, 0.3) is 22.0 Å². The van der Waals surface area contributed by atoms with E-state index in [4.69, 9.17) is 5.26 Å². The Bertz CT molecular complexity index is 1490. The molecule has 1 atom stereocenters. The molecular weight excluding hydrogens is 498 g/mol. The Morgan fingerprint density at radius 1 is 1.03 bits per heavy atom. The Hall–Kier alpha value is -4.29. The third-order valence-electron chi connectivity index (χ3n) is 6.31. The number of piperazine rings is 1. The van der Waals surface area contributed by atoms with Gasteiger partial charge in [0.25, 0.3) is 0 Å². The number of amides is 2. The fourth-order valence-corrected chi connectivity index (χ4v) is 4.46. The minimum atomic E-state index is -0.655. The van der Waals surface area contributed by atoms with Crippen molar-refractivity contribution in [2.45, 2.75) is 13.0 Å². The van der Waals surface area contributed by atoms with E-state index < -0.39 is 11.8 Å². The van der Waals surface area contributed by atoms with Crippen molar-refractivity contribution in [1.82, 2.24) is 15.1 Å². The van der Waals surface area contributed by atoms with Crippen LogP contribution in [0.5, 0.6) is 0 Å². The summed E-state index contributed by atoms with van der Waals surface area (Å²) in [5.41, 5.74) is 1.66. The molecule has 0 spiro atoms. The molecule has 10 heteroatoms. The van der Waals surface area contributed by atoms with Gasteiger partial charge in [-0.2, -0.15) is 5.26 Å². The van der Waals surface area contributed by atoms with Gasteiger partial charge in [-0.3, -0.25) is 0 Å². The van der Waals surface area contributed by atoms with Gasteiger partial charge in [-0.05, 0) is 49.4 Å². The first-order valence-electron chi connectivity index (χ1n) is 11.5. The van der Waals surface area contributed by atoms with Gasteiger partial charge in [-0.25, -0.2) is 13.6 Å². The summed E-state index contributed by atoms with van der Waals surface area (Å²) in [6, 6.07) is 19.3. The second-order valence-electron chi connectivity index (χ2n) is 8.65. The zero-order chi connectivity index (χ0) is 25.2. The summed E-state index contributed by atoms with van der Waals surface area (Å²) < 4.78 is 27.6. The Labute approximate surface area is 218 Å². The third-order valence-corrected chi connectivity index (χ3v) is 6.31. The van der Waals surface area contributed by atoms with Crippen LogP contribution in [0.1, 0.15) is 12.5 Å². The SMILES string of the molecule is C[C@H]1CN(C(=O)Nc2ccc(C#N)cc2F)CCN1c1nnc(-c2ccc(F)cc2)c2ccccc12.Cl. The van der Waals surface area contributed by atoms with E-state index in [9.17, 15) is 13.6 Å². The van der Waals surface area contributed by atoms with Crippen LogP contribution in [-0.4, -0.2) is 46.8 Å². The van der Waals surface area contributed by atoms with Crippen LogP contribution in [0.2, 0.25) is 0 Å². The highest BCUT2D eigenvalue weighted by Crippen LogP contribution is 2.33. The molecule has 1 fully saturated rings. The summed E-state index contributed by atoms with van der Waals surface area (Å²) in [6.45, 7) is 3.31. The number of nitrogens with zero attached hydrogens (tertiary/aromatic N) is 5. The van der Waals surface area contributed by atoms with Crippen molar-refractivity contribution in [1.29, 1.82) is 5.26 Å². The van der Waals surface area contributed by atoms with Crippen LogP contribution in [0.15, 0.2) is 66.7 Å². The number of fused-ring (bicyclic) bond motifs is 1. The molecule has 0 saturated carbocycles. The zero-order valence-corrected chi connectivity index (χ0v) is 20.7. The number of nitrogens with one attached hydrogen (secondary N) is 1. The molecule has 1 aliphatic rings. The van der Waals surface area contributed by atoms with Crippen molar-refractivity contribution in [2.24, 2.45) is 0 Å². The number of carbonyl (C=O) groups is 1. The topological polar surface area (TPSA) is 85.2 Å². The molecular formula is C27H23ClF2N6O. The minimum Gasteiger partial charge on any atom is -0.348 e. The van der Waals surface area contributed by atoms with Crippen molar-refractivity contribution in [3.8, 4) is 17.3 Å². The predicted octanol–water partition coefficient (Wildman–Crippen LogP) is 5.61. The smallest absolute Gasteiger partial charge is 0.322 e. The lowest BCUT2D eigenvalue weighted by Gasteiger charge is -2.40. The van der Waals surface area contributed by atoms with Gasteiger partial charge in [0.2, 0.25) is 0 Å². The van der Waals surface area contributed by atoms with Gasteiger partial charge >= 0.3 is 6.03 Å². The van der Waals surface area contributed by atoms with E-state index in [1.165, 1.54) is 24.3 Å². The maximum atomic E-state index is 14.2. The number of hydrogen-bond acceptors (Lipinski definition) is 5. The lowest BCUT2D eigenvalue weighted by Crippen LogP contribution is -2.55. The van der Waals surface area contributed by atoms with E-state index in [0.717, 1.165) is 22.4 Å². The van der Waals surface area contributed by atoms with Crippen LogP contribution in [0, 0.1) is 23.0 Å². The minimum absolute atomic E-state index is 0. The van der Waals surface area contributed by atoms with Gasteiger partial charge in [0.1, 0.15) is 17.3 Å². The van der Waals surface area contributed by atoms with E-state index in [1.54, 1.807) is 17.0 Å². The van der Waals surface area contributed by atoms with E-state index in [1.807, 2.05) is 37.3 Å². The van der Waals surface area contributed by atoms with Crippen molar-refractivity contribution in [3.63, 3.8) is 0 Å². The number of benzene rings is 3. The number of hydrogen-bond donors (Lipinski definition) is 1. The average Bonchev–Trinajstić information content (AvgIpc) is 2.90. The van der Waals surface area contributed by atoms with Gasteiger partial charge in [0.05, 0.1) is 17.3 Å². The summed E-state index contributed by atoms with van der Waals surface area (Å²) in [4.78, 5) is 16.5. The highest BCUT2D eigenvalue weighted by atomic mass is 35.5. The van der Waals surface area contributed by atoms with Crippen molar-refractivity contribution >= 4 is 40.7 Å². The van der Waals surface area contributed by atoms with E-state index in [0.29, 0.717) is 31.1 Å². The fraction of sp³-hybridized carbons (Fsp3) is 0.185. The molecule has 5 rings (SSSR count). The summed E-state index contributed by atoms with van der Waals surface area (Å²) in [7, 11) is 0. The summed E-state index contributed by atoms with van der Waals surface area (Å²) in [5.74, 6) is -0.260. The van der Waals surface area contributed by atoms with Crippen molar-refractivity contribution in [2.75, 3.05) is 29.9 Å². The average molecular weight is 521 g/mol. The summed E-state index contributed by atoms with van der Waals surface area (Å²) in [6.07, 6.45) is 0. The second-order valence-corrected chi connectivity index (χ2v) is 8.65. The molecule has 1 N–H and O–H groups in total. The Balaban J connectivity index is 0.00000320. The third kappa shape index (κ3) is 5.15. The highest BCUT2D eigenvalue weighted by molar-refractivity contribution is 6.00. The maximum absolute atomic E-state index is 14.2. The predicted molar refractivity (Wildman–Crippen MR) is 141 cm³/mol. The van der Waals surface area contributed by atoms with Crippen molar-refractivity contribution < 1.29 is 13.6 Å². The molecule has 2 amide bonds. The largest absolute Gasteiger partial charge is 0.348 e. The number of carbonyl (C=O) groups excluding carboxylic acids is 1. The van der Waals surface area contributed by atoms with E-state index in [-0.39, 0.29) is 35.5 Å². The standard InChI is InChI=1S/C27H22F2N6O.ClH/c1-17-16-34(27(36)31-24-11-6-18(15-30)14-23(24)29)12-13-35(17)26-22-5-3-2-4-21(22)25(32-33-26)19-7-9-20(28)10-8-19;/h2-11,14,17H,12-13,16H2,1H3,(H,31,36);1H/t17-;/m0./s1. The van der Waals surface area contributed by atoms with Gasteiger partial charge in [0, 0.05) is 42.0 Å². The first-order valence-corrected chi connectivity index (χ1v) is 11.5. The number of nitriles is 1. The lowest BCUT2D eigenvalue weighted by atomic mass is 10.0. The number of aromatic nitrogens is 2. The molecule has 1 aliphatic heterocycles. The molecule has 0 radical (unpaired) electrons. The molecule has 3 aromatic carbocycles. The van der Waals surface area contributed by atoms with Crippen LogP contribution in [-0.2, 0) is 0 Å². The molecule has 7 nitrogen and oxygen atoms in total. The molecule has 0 bridgehead atoms. The van der Waals surface area contributed by atoms with Crippen molar-refractivity contribution in [3.05, 3.63) is 83.9 Å². The number of rotatable bonds is 3. The van der Waals surface area contributed by atoms with Gasteiger partial charge in [-0.15, -0.1) is 22.6 Å². The Morgan fingerprint density at radius 2 is 1.76 bits per heavy atom. The van der Waals surface area contributed by atoms with Crippen LogP contribution in [0.3, 0.4) is 0 Å². The highest BCUT2D eigenvalue weighted by Gasteiger charge is 2.29. The van der Waals surface area contributed by atoms with Crippen LogP contribution in [0.4, 0.5) is 25.1 Å². The number of halogens is 3. The molecule has 188 valence electrons. The maximum Gasteiger partial charge on any atom is 0.322 e. The number of anilines is 2. The normalized spacial score (nSPS) is 15.1. The first kappa shape index (κ1) is 25.8. The molecule has 1 aromatic heterocycles. The zero-order valence-electron chi connectivity index (χ0n) is 19.9.